The number of hydrogen-bond donors (Lipinski definition) is 1. The predicted molar refractivity (Wildman–Crippen MR) is 73.0 cm³/mol. The van der Waals surface area contributed by atoms with E-state index in [1.165, 1.54) is 5.56 Å². The number of carbonyl (C=O) groups is 1. The Kier molecular flexibility index (Phi) is 3.06. The molecule has 0 amide bonds. The van der Waals surface area contributed by atoms with Crippen molar-refractivity contribution in [2.24, 2.45) is 0 Å². The second kappa shape index (κ2) is 4.89. The van der Waals surface area contributed by atoms with E-state index in [-0.39, 0.29) is 6.42 Å². The van der Waals surface area contributed by atoms with Crippen LogP contribution in [0.3, 0.4) is 0 Å². The van der Waals surface area contributed by atoms with Crippen LogP contribution in [0.1, 0.15) is 23.0 Å². The Morgan fingerprint density at radius 1 is 1.10 bits per heavy atom. The van der Waals surface area contributed by atoms with Crippen LogP contribution < -0.4 is 9.47 Å². The molecule has 0 aliphatic carbocycles. The maximum absolute atomic E-state index is 10.7. The minimum absolute atomic E-state index is 0.0220. The summed E-state index contributed by atoms with van der Waals surface area (Å²) < 4.78 is 11.5. The van der Waals surface area contributed by atoms with Crippen molar-refractivity contribution in [3.8, 4) is 11.5 Å². The minimum atomic E-state index is -0.862. The predicted octanol–water partition coefficient (Wildman–Crippen LogP) is 3.09. The number of benzene rings is 2. The van der Waals surface area contributed by atoms with Crippen molar-refractivity contribution in [2.45, 2.75) is 19.6 Å². The highest BCUT2D eigenvalue weighted by atomic mass is 16.7. The molecule has 0 spiro atoms. The fourth-order valence-electron chi connectivity index (χ4n) is 2.14. The van der Waals surface area contributed by atoms with Crippen molar-refractivity contribution in [3.63, 3.8) is 0 Å². The third-order valence-corrected chi connectivity index (χ3v) is 3.18. The lowest BCUT2D eigenvalue weighted by Gasteiger charge is -2.10. The summed E-state index contributed by atoms with van der Waals surface area (Å²) in [4.78, 5) is 10.7. The summed E-state index contributed by atoms with van der Waals surface area (Å²) in [6.45, 7) is 2.02. The van der Waals surface area contributed by atoms with Gasteiger partial charge in [0, 0.05) is 5.56 Å². The van der Waals surface area contributed by atoms with Gasteiger partial charge in [-0.25, -0.2) is 0 Å². The first-order valence-corrected chi connectivity index (χ1v) is 6.36. The molecule has 1 N–H and O–H groups in total. The highest BCUT2D eigenvalue weighted by Gasteiger charge is 2.26. The molecule has 1 atom stereocenters. The Morgan fingerprint density at radius 3 is 2.50 bits per heavy atom. The monoisotopic (exact) mass is 270 g/mol. The normalized spacial score (nSPS) is 16.1. The topological polar surface area (TPSA) is 55.8 Å². The molecule has 0 aromatic heterocycles. The number of hydrogen-bond acceptors (Lipinski definition) is 3. The SMILES string of the molecule is Cc1ccc(C2Oc3ccc(CC(=O)O)cc3O2)cc1. The standard InChI is InChI=1S/C16H14O4/c1-10-2-5-12(6-3-10)16-19-13-7-4-11(9-15(17)18)8-14(13)20-16/h2-8,16H,9H2,1H3,(H,17,18). The molecular formula is C16H14O4. The smallest absolute Gasteiger partial charge is 0.307 e. The van der Waals surface area contributed by atoms with Crippen molar-refractivity contribution < 1.29 is 19.4 Å². The highest BCUT2D eigenvalue weighted by Crippen LogP contribution is 2.40. The molecule has 4 heteroatoms. The Balaban J connectivity index is 1.81. The van der Waals surface area contributed by atoms with Gasteiger partial charge in [0.1, 0.15) is 0 Å². The molecule has 1 aliphatic rings. The molecule has 0 radical (unpaired) electrons. The van der Waals surface area contributed by atoms with E-state index in [2.05, 4.69) is 0 Å². The lowest BCUT2D eigenvalue weighted by molar-refractivity contribution is -0.136. The summed E-state index contributed by atoms with van der Waals surface area (Å²) in [5.74, 6) is 0.373. The van der Waals surface area contributed by atoms with E-state index in [4.69, 9.17) is 14.6 Å². The number of aryl methyl sites for hydroxylation is 1. The summed E-state index contributed by atoms with van der Waals surface area (Å²) in [7, 11) is 0. The van der Waals surface area contributed by atoms with Gasteiger partial charge in [0.15, 0.2) is 11.5 Å². The number of ether oxygens (including phenoxy) is 2. The summed E-state index contributed by atoms with van der Waals surface area (Å²) in [6, 6.07) is 13.1. The van der Waals surface area contributed by atoms with E-state index in [1.807, 2.05) is 31.2 Å². The van der Waals surface area contributed by atoms with Crippen molar-refractivity contribution in [1.82, 2.24) is 0 Å². The molecule has 0 saturated heterocycles. The zero-order valence-corrected chi connectivity index (χ0v) is 11.0. The van der Waals surface area contributed by atoms with E-state index < -0.39 is 12.3 Å². The molecule has 2 aromatic carbocycles. The van der Waals surface area contributed by atoms with Crippen LogP contribution in [0.5, 0.6) is 11.5 Å². The fraction of sp³-hybridized carbons (Fsp3) is 0.188. The molecule has 0 bridgehead atoms. The number of aliphatic carboxylic acids is 1. The third kappa shape index (κ3) is 2.45. The van der Waals surface area contributed by atoms with Crippen LogP contribution in [0.4, 0.5) is 0 Å². The maximum atomic E-state index is 10.7. The first kappa shape index (κ1) is 12.5. The molecule has 0 saturated carbocycles. The van der Waals surface area contributed by atoms with Crippen LogP contribution in [0, 0.1) is 6.92 Å². The van der Waals surface area contributed by atoms with Crippen LogP contribution in [0.15, 0.2) is 42.5 Å². The van der Waals surface area contributed by atoms with Crippen molar-refractivity contribution >= 4 is 5.97 Å². The van der Waals surface area contributed by atoms with Crippen LogP contribution in [-0.2, 0) is 11.2 Å². The second-order valence-corrected chi connectivity index (χ2v) is 4.83. The average molecular weight is 270 g/mol. The number of carboxylic acids is 1. The van der Waals surface area contributed by atoms with Gasteiger partial charge in [-0.1, -0.05) is 35.9 Å². The van der Waals surface area contributed by atoms with Gasteiger partial charge in [0.2, 0.25) is 0 Å². The van der Waals surface area contributed by atoms with Gasteiger partial charge < -0.3 is 14.6 Å². The average Bonchev–Trinajstić information content (AvgIpc) is 2.81. The number of carboxylic acid groups (broad SMARTS) is 1. The van der Waals surface area contributed by atoms with Gasteiger partial charge in [-0.15, -0.1) is 0 Å². The molecule has 20 heavy (non-hydrogen) atoms. The van der Waals surface area contributed by atoms with E-state index in [0.29, 0.717) is 17.1 Å². The molecule has 1 unspecified atom stereocenters. The van der Waals surface area contributed by atoms with E-state index in [0.717, 1.165) is 5.56 Å². The van der Waals surface area contributed by atoms with Crippen molar-refractivity contribution in [1.29, 1.82) is 0 Å². The first-order valence-electron chi connectivity index (χ1n) is 6.36. The Hall–Kier alpha value is -2.49. The third-order valence-electron chi connectivity index (χ3n) is 3.18. The fourth-order valence-corrected chi connectivity index (χ4v) is 2.14. The summed E-state index contributed by atoms with van der Waals surface area (Å²) in [5.41, 5.74) is 2.81. The lowest BCUT2D eigenvalue weighted by Crippen LogP contribution is -2.07. The minimum Gasteiger partial charge on any atom is -0.481 e. The molecule has 4 nitrogen and oxygen atoms in total. The van der Waals surface area contributed by atoms with Crippen molar-refractivity contribution in [3.05, 3.63) is 59.2 Å². The zero-order chi connectivity index (χ0) is 14.1. The molecule has 0 fully saturated rings. The van der Waals surface area contributed by atoms with Crippen LogP contribution in [-0.4, -0.2) is 11.1 Å². The Morgan fingerprint density at radius 2 is 1.80 bits per heavy atom. The summed E-state index contributed by atoms with van der Waals surface area (Å²) in [5, 5.41) is 8.80. The van der Waals surface area contributed by atoms with Crippen LogP contribution in [0.2, 0.25) is 0 Å². The van der Waals surface area contributed by atoms with E-state index in [1.54, 1.807) is 18.2 Å². The molecule has 3 rings (SSSR count). The maximum Gasteiger partial charge on any atom is 0.307 e. The van der Waals surface area contributed by atoms with Gasteiger partial charge >= 0.3 is 5.97 Å². The quantitative estimate of drug-likeness (QED) is 0.931. The molecule has 1 aliphatic heterocycles. The second-order valence-electron chi connectivity index (χ2n) is 4.83. The Bertz CT molecular complexity index is 646. The summed E-state index contributed by atoms with van der Waals surface area (Å²) >= 11 is 0. The molecule has 1 heterocycles. The van der Waals surface area contributed by atoms with Gasteiger partial charge in [-0.2, -0.15) is 0 Å². The number of rotatable bonds is 3. The molecule has 2 aromatic rings. The number of fused-ring (bicyclic) bond motifs is 1. The lowest BCUT2D eigenvalue weighted by atomic mass is 10.1. The summed E-state index contributed by atoms with van der Waals surface area (Å²) in [6.07, 6.45) is -0.489. The molecule has 102 valence electrons. The van der Waals surface area contributed by atoms with Crippen molar-refractivity contribution in [2.75, 3.05) is 0 Å². The van der Waals surface area contributed by atoms with Crippen LogP contribution in [0.25, 0.3) is 0 Å². The first-order chi connectivity index (χ1) is 9.61. The zero-order valence-electron chi connectivity index (χ0n) is 11.0. The highest BCUT2D eigenvalue weighted by molar-refractivity contribution is 5.70. The largest absolute Gasteiger partial charge is 0.481 e. The van der Waals surface area contributed by atoms with Gasteiger partial charge in [0.25, 0.3) is 6.29 Å². The van der Waals surface area contributed by atoms with Gasteiger partial charge in [-0.05, 0) is 24.6 Å². The Labute approximate surface area is 116 Å². The van der Waals surface area contributed by atoms with Crippen LogP contribution >= 0.6 is 0 Å². The van der Waals surface area contributed by atoms with E-state index >= 15 is 0 Å². The van der Waals surface area contributed by atoms with Gasteiger partial charge in [0.05, 0.1) is 6.42 Å². The molecular weight excluding hydrogens is 256 g/mol. The van der Waals surface area contributed by atoms with E-state index in [9.17, 15) is 4.79 Å². The van der Waals surface area contributed by atoms with Gasteiger partial charge in [-0.3, -0.25) is 4.79 Å².